The van der Waals surface area contributed by atoms with Crippen LogP contribution in [0.5, 0.6) is 5.75 Å². The van der Waals surface area contributed by atoms with E-state index in [0.717, 1.165) is 28.0 Å². The van der Waals surface area contributed by atoms with E-state index < -0.39 is 29.5 Å². The lowest BCUT2D eigenvalue weighted by Gasteiger charge is -2.32. The summed E-state index contributed by atoms with van der Waals surface area (Å²) in [5.74, 6) is -3.29. The molecule has 434 valence electrons. The number of carboxylic acids is 1. The molecule has 86 heavy (non-hydrogen) atoms. The average molecular weight is 1160 g/mol. The van der Waals surface area contributed by atoms with Gasteiger partial charge in [0.2, 0.25) is 0 Å². The first-order valence-electron chi connectivity index (χ1n) is 27.5. The number of halogens is 3. The molecule has 0 radical (unpaired) electrons. The Labute approximate surface area is 487 Å². The van der Waals surface area contributed by atoms with Crippen molar-refractivity contribution in [2.24, 2.45) is 0 Å². The molecule has 5 N–H and O–H groups in total. The summed E-state index contributed by atoms with van der Waals surface area (Å²) in [5, 5.41) is 51.0. The van der Waals surface area contributed by atoms with Crippen LogP contribution < -0.4 is 21.4 Å². The van der Waals surface area contributed by atoms with Gasteiger partial charge >= 0.3 is 5.97 Å². The third-order valence-corrected chi connectivity index (χ3v) is 15.0. The molecule has 2 fully saturated rings. The standard InChI is InChI=1S/C28H23FN4O3.C21H20FN3O3.C16H11FN2O3/c29-25-10-7-19(16-26-22-3-1-2-4-23(22)27(34)32-31-26)15-24(25)28(35)33-13-11-21(12-14-33)36-20-8-5-18(17-30)6-9-20;22-18-6-5-13(11-17(18)21(28)25-9-7-14(26)8-10-25)12-19-15-3-1-2-4-16(15)20(27)24-23-19;17-13-6-5-9(7-12(13)16(21)22)8-14-10-3-1-2-4-11(10)15(20)19-18-14/h1-10,15,21H,11-14,16H2,(H,32,34);1-6,11,14,26H,7-10,12H2,(H,24,27);1-7H,8H2,(H,19,20)(H,21,22). The van der Waals surface area contributed by atoms with E-state index in [0.29, 0.717) is 120 Å². The highest BCUT2D eigenvalue weighted by molar-refractivity contribution is 5.96. The Balaban J connectivity index is 0.000000148. The van der Waals surface area contributed by atoms with Crippen molar-refractivity contribution >= 4 is 50.1 Å². The number of carbonyl (C=O) groups is 3. The lowest BCUT2D eigenvalue weighted by molar-refractivity contribution is 0.0540. The molecule has 0 spiro atoms. The van der Waals surface area contributed by atoms with Crippen LogP contribution in [0.15, 0.2) is 166 Å². The van der Waals surface area contributed by atoms with Crippen LogP contribution >= 0.6 is 0 Å². The molecule has 0 bridgehead atoms. The van der Waals surface area contributed by atoms with E-state index in [-0.39, 0.29) is 57.7 Å². The number of benzene rings is 7. The van der Waals surface area contributed by atoms with Crippen molar-refractivity contribution in [3.05, 3.63) is 256 Å². The number of aromatic carboxylic acids is 1. The molecule has 3 aromatic heterocycles. The molecule has 2 aliphatic rings. The zero-order valence-corrected chi connectivity index (χ0v) is 45.9. The Morgan fingerprint density at radius 3 is 1.23 bits per heavy atom. The molecular formula is C65H54F3N9O9. The van der Waals surface area contributed by atoms with Crippen LogP contribution in [-0.4, -0.2) is 107 Å². The number of piperidine rings is 2. The lowest BCUT2D eigenvalue weighted by atomic mass is 10.0. The number of aliphatic hydroxyl groups excluding tert-OH is 1. The summed E-state index contributed by atoms with van der Waals surface area (Å²) in [6.07, 6.45) is 2.78. The summed E-state index contributed by atoms with van der Waals surface area (Å²) >= 11 is 0. The highest BCUT2D eigenvalue weighted by atomic mass is 19.1. The zero-order valence-electron chi connectivity index (χ0n) is 45.9. The molecule has 0 aliphatic carbocycles. The van der Waals surface area contributed by atoms with E-state index in [1.165, 1.54) is 24.3 Å². The number of amides is 2. The number of likely N-dealkylation sites (tertiary alicyclic amines) is 2. The topological polar surface area (TPSA) is 268 Å². The molecular weight excluding hydrogens is 1110 g/mol. The van der Waals surface area contributed by atoms with Gasteiger partial charge in [0.25, 0.3) is 28.5 Å². The molecule has 2 amide bonds. The minimum absolute atomic E-state index is 0.0163. The van der Waals surface area contributed by atoms with Crippen molar-refractivity contribution in [1.29, 1.82) is 5.26 Å². The fraction of sp³-hybridized carbons (Fsp3) is 0.200. The van der Waals surface area contributed by atoms with E-state index in [1.807, 2.05) is 24.3 Å². The second kappa shape index (κ2) is 26.3. The van der Waals surface area contributed by atoms with Crippen LogP contribution in [-0.2, 0) is 19.3 Å². The van der Waals surface area contributed by atoms with Gasteiger partial charge in [-0.05, 0) is 108 Å². The van der Waals surface area contributed by atoms with Crippen molar-refractivity contribution in [3.63, 3.8) is 0 Å². The third kappa shape index (κ3) is 13.6. The average Bonchev–Trinajstić information content (AvgIpc) is 3.67. The van der Waals surface area contributed by atoms with E-state index in [4.69, 9.17) is 15.1 Å². The predicted molar refractivity (Wildman–Crippen MR) is 314 cm³/mol. The van der Waals surface area contributed by atoms with Gasteiger partial charge in [0.1, 0.15) is 29.3 Å². The van der Waals surface area contributed by atoms with Gasteiger partial charge < -0.3 is 24.7 Å². The van der Waals surface area contributed by atoms with E-state index in [1.54, 1.807) is 107 Å². The van der Waals surface area contributed by atoms with Gasteiger partial charge in [0.15, 0.2) is 0 Å². The van der Waals surface area contributed by atoms with Crippen LogP contribution in [0.2, 0.25) is 0 Å². The van der Waals surface area contributed by atoms with Gasteiger partial charge in [-0.1, -0.05) is 72.8 Å². The molecule has 21 heteroatoms. The second-order valence-corrected chi connectivity index (χ2v) is 20.7. The fourth-order valence-corrected chi connectivity index (χ4v) is 10.4. The number of carboxylic acid groups (broad SMARTS) is 1. The van der Waals surface area contributed by atoms with Crippen LogP contribution in [0, 0.1) is 28.8 Å². The van der Waals surface area contributed by atoms with Gasteiger partial charge in [-0.3, -0.25) is 24.0 Å². The van der Waals surface area contributed by atoms with Crippen LogP contribution in [0.25, 0.3) is 32.3 Å². The Hall–Kier alpha value is -10.6. The van der Waals surface area contributed by atoms with Crippen molar-refractivity contribution in [2.45, 2.75) is 57.2 Å². The minimum Gasteiger partial charge on any atom is -0.490 e. The monoisotopic (exact) mass is 1160 g/mol. The number of H-pyrrole nitrogens is 3. The van der Waals surface area contributed by atoms with Gasteiger partial charge in [-0.15, -0.1) is 0 Å². The van der Waals surface area contributed by atoms with Gasteiger partial charge in [-0.25, -0.2) is 33.3 Å². The molecule has 10 aromatic rings. The maximum atomic E-state index is 14.7. The number of nitriles is 1. The fourth-order valence-electron chi connectivity index (χ4n) is 10.4. The van der Waals surface area contributed by atoms with Crippen LogP contribution in [0.4, 0.5) is 13.2 Å². The summed E-state index contributed by atoms with van der Waals surface area (Å²) in [7, 11) is 0. The van der Waals surface area contributed by atoms with Crippen molar-refractivity contribution in [1.82, 2.24) is 40.4 Å². The summed E-state index contributed by atoms with van der Waals surface area (Å²) in [6.45, 7) is 1.73. The van der Waals surface area contributed by atoms with Gasteiger partial charge in [0.05, 0.1) is 67.7 Å². The number of aliphatic hydroxyl groups is 1. The summed E-state index contributed by atoms with van der Waals surface area (Å²) in [5.41, 5.74) is 3.36. The number of fused-ring (bicyclic) bond motifs is 3. The first-order chi connectivity index (χ1) is 41.6. The minimum atomic E-state index is -1.32. The molecule has 2 saturated heterocycles. The Bertz CT molecular complexity index is 4420. The number of hydrogen-bond acceptors (Lipinski definition) is 12. The number of ether oxygens (including phenoxy) is 1. The number of hydrogen-bond donors (Lipinski definition) is 5. The molecule has 2 aliphatic heterocycles. The molecule has 5 heterocycles. The number of rotatable bonds is 11. The first kappa shape index (κ1) is 58.6. The van der Waals surface area contributed by atoms with E-state index in [2.05, 4.69) is 36.7 Å². The normalized spacial score (nSPS) is 13.5. The summed E-state index contributed by atoms with van der Waals surface area (Å²) < 4.78 is 48.4. The smallest absolute Gasteiger partial charge is 0.338 e. The van der Waals surface area contributed by atoms with Gasteiger partial charge in [0, 0.05) is 74.4 Å². The van der Waals surface area contributed by atoms with E-state index >= 15 is 0 Å². The molecule has 12 rings (SSSR count). The van der Waals surface area contributed by atoms with Crippen molar-refractivity contribution in [3.8, 4) is 11.8 Å². The maximum absolute atomic E-state index is 14.7. The summed E-state index contributed by atoms with van der Waals surface area (Å²) in [4.78, 5) is 75.8. The molecule has 0 atom stereocenters. The third-order valence-electron chi connectivity index (χ3n) is 15.0. The SMILES string of the molecule is N#Cc1ccc(OC2CCN(C(=O)c3cc(Cc4n[nH]c(=O)c5ccccc45)ccc3F)CC2)cc1.O=C(O)c1cc(Cc2n[nH]c(=O)c3ccccc23)ccc1F.O=C(c1cc(Cc2n[nH]c(=O)c3ccccc23)ccc1F)N1CCC(O)CC1. The highest BCUT2D eigenvalue weighted by Gasteiger charge is 2.28. The number of nitrogens with one attached hydrogen (secondary N) is 3. The lowest BCUT2D eigenvalue weighted by Crippen LogP contribution is -2.42. The van der Waals surface area contributed by atoms with Crippen LogP contribution in [0.1, 0.15) is 96.1 Å². The number of aromatic nitrogens is 6. The maximum Gasteiger partial charge on any atom is 0.338 e. The number of carbonyl (C=O) groups excluding carboxylic acids is 2. The largest absolute Gasteiger partial charge is 0.490 e. The predicted octanol–water partition coefficient (Wildman–Crippen LogP) is 8.81. The highest BCUT2D eigenvalue weighted by Crippen LogP contribution is 2.26. The Kier molecular flexibility index (Phi) is 17.9. The van der Waals surface area contributed by atoms with Crippen LogP contribution in [0.3, 0.4) is 0 Å². The second-order valence-electron chi connectivity index (χ2n) is 20.7. The van der Waals surface area contributed by atoms with Gasteiger partial charge in [-0.2, -0.15) is 20.6 Å². The zero-order chi connectivity index (χ0) is 60.4. The molecule has 18 nitrogen and oxygen atoms in total. The van der Waals surface area contributed by atoms with Crippen molar-refractivity contribution < 1.29 is 42.5 Å². The number of nitrogens with zero attached hydrogens (tertiary/aromatic N) is 6. The van der Waals surface area contributed by atoms with E-state index in [9.17, 15) is 47.0 Å². The summed E-state index contributed by atoms with van der Waals surface area (Å²) in [6, 6.07) is 43.2. The molecule has 0 saturated carbocycles. The quantitative estimate of drug-likeness (QED) is 0.0811. The Morgan fingerprint density at radius 2 is 0.860 bits per heavy atom. The first-order valence-corrected chi connectivity index (χ1v) is 27.5. The Morgan fingerprint density at radius 1 is 0.512 bits per heavy atom. The molecule has 7 aromatic carbocycles. The van der Waals surface area contributed by atoms with Crippen molar-refractivity contribution in [2.75, 3.05) is 26.2 Å². The molecule has 0 unspecified atom stereocenters. The number of aromatic amines is 3.